The molecule has 1 atom stereocenters. The van der Waals surface area contributed by atoms with Crippen molar-refractivity contribution in [1.82, 2.24) is 10.2 Å². The fourth-order valence-electron chi connectivity index (χ4n) is 1.78. The quantitative estimate of drug-likeness (QED) is 0.713. The lowest BCUT2D eigenvalue weighted by Gasteiger charge is -2.37. The van der Waals surface area contributed by atoms with Crippen LogP contribution in [0.2, 0.25) is 0 Å². The van der Waals surface area contributed by atoms with E-state index in [1.807, 2.05) is 6.92 Å². The number of carbonyl (C=O) groups is 2. The molecule has 0 aromatic rings. The van der Waals surface area contributed by atoms with Crippen molar-refractivity contribution < 1.29 is 19.4 Å². The fraction of sp³-hybridized carbons (Fsp3) is 0.833. The van der Waals surface area contributed by atoms with Crippen LogP contribution >= 0.6 is 0 Å². The Kier molecular flexibility index (Phi) is 5.10. The second-order valence-electron chi connectivity index (χ2n) is 4.94. The molecule has 6 heteroatoms. The first-order valence-electron chi connectivity index (χ1n) is 6.26. The zero-order valence-electron chi connectivity index (χ0n) is 11.2. The highest BCUT2D eigenvalue weighted by Crippen LogP contribution is 2.14. The molecule has 0 aromatic heterocycles. The molecule has 1 aliphatic rings. The fourth-order valence-corrected chi connectivity index (χ4v) is 1.78. The smallest absolute Gasteiger partial charge is 0.254 e. The number of amides is 2. The van der Waals surface area contributed by atoms with E-state index >= 15 is 0 Å². The monoisotopic (exact) mass is 258 g/mol. The van der Waals surface area contributed by atoms with E-state index in [4.69, 9.17) is 4.74 Å². The lowest BCUT2D eigenvalue weighted by molar-refractivity contribution is -0.160. The van der Waals surface area contributed by atoms with Gasteiger partial charge in [0.1, 0.15) is 11.6 Å². The van der Waals surface area contributed by atoms with Crippen LogP contribution in [0.25, 0.3) is 0 Å². The lowest BCUT2D eigenvalue weighted by atomic mass is 10.1. The van der Waals surface area contributed by atoms with E-state index in [-0.39, 0.29) is 12.5 Å². The highest BCUT2D eigenvalue weighted by Gasteiger charge is 2.38. The molecule has 0 bridgehead atoms. The molecule has 18 heavy (non-hydrogen) atoms. The van der Waals surface area contributed by atoms with Crippen LogP contribution in [-0.4, -0.2) is 59.8 Å². The van der Waals surface area contributed by atoms with Gasteiger partial charge in [0, 0.05) is 13.1 Å². The summed E-state index contributed by atoms with van der Waals surface area (Å²) in [5, 5.41) is 12.5. The van der Waals surface area contributed by atoms with Gasteiger partial charge in [0.2, 0.25) is 5.91 Å². The molecular formula is C12H22N2O4. The highest BCUT2D eigenvalue weighted by molar-refractivity contribution is 5.91. The molecule has 104 valence electrons. The molecule has 1 unspecified atom stereocenters. The molecular weight excluding hydrogens is 236 g/mol. The minimum Gasteiger partial charge on any atom is -0.381 e. The Bertz CT molecular complexity index is 312. The Hall–Kier alpha value is -1.14. The van der Waals surface area contributed by atoms with Crippen LogP contribution in [0.5, 0.6) is 0 Å². The molecule has 0 aromatic carbocycles. The van der Waals surface area contributed by atoms with Crippen LogP contribution in [0.3, 0.4) is 0 Å². The van der Waals surface area contributed by atoms with E-state index in [1.165, 1.54) is 18.7 Å². The minimum atomic E-state index is -1.47. The van der Waals surface area contributed by atoms with E-state index in [1.54, 1.807) is 0 Å². The Morgan fingerprint density at radius 2 is 2.17 bits per heavy atom. The van der Waals surface area contributed by atoms with Gasteiger partial charge < -0.3 is 20.1 Å². The van der Waals surface area contributed by atoms with Gasteiger partial charge in [0.25, 0.3) is 5.91 Å². The van der Waals surface area contributed by atoms with Crippen molar-refractivity contribution in [2.45, 2.75) is 38.8 Å². The van der Waals surface area contributed by atoms with E-state index < -0.39 is 17.6 Å². The maximum Gasteiger partial charge on any atom is 0.254 e. The van der Waals surface area contributed by atoms with Crippen molar-refractivity contribution in [3.8, 4) is 0 Å². The third kappa shape index (κ3) is 3.68. The van der Waals surface area contributed by atoms with Crippen molar-refractivity contribution in [2.24, 2.45) is 0 Å². The molecule has 0 radical (unpaired) electrons. The summed E-state index contributed by atoms with van der Waals surface area (Å²) in [6.45, 7) is 6.26. The molecule has 6 nitrogen and oxygen atoms in total. The number of ether oxygens (including phenoxy) is 1. The second kappa shape index (κ2) is 6.15. The normalized spacial score (nSPS) is 20.7. The number of nitrogens with zero attached hydrogens (tertiary/aromatic N) is 1. The average molecular weight is 258 g/mol. The number of hydrogen-bond donors (Lipinski definition) is 2. The van der Waals surface area contributed by atoms with Crippen LogP contribution in [0, 0.1) is 0 Å². The van der Waals surface area contributed by atoms with Crippen molar-refractivity contribution in [2.75, 3.05) is 26.3 Å². The van der Waals surface area contributed by atoms with Gasteiger partial charge in [-0.2, -0.15) is 0 Å². The summed E-state index contributed by atoms with van der Waals surface area (Å²) in [7, 11) is 0. The third-order valence-electron chi connectivity index (χ3n) is 2.76. The number of rotatable bonds is 4. The summed E-state index contributed by atoms with van der Waals surface area (Å²) in [5.74, 6) is -0.670. The van der Waals surface area contributed by atoms with E-state index in [0.717, 1.165) is 6.42 Å². The zero-order valence-corrected chi connectivity index (χ0v) is 11.2. The third-order valence-corrected chi connectivity index (χ3v) is 2.76. The van der Waals surface area contributed by atoms with Gasteiger partial charge in [-0.1, -0.05) is 6.92 Å². The summed E-state index contributed by atoms with van der Waals surface area (Å²) < 4.78 is 5.24. The summed E-state index contributed by atoms with van der Waals surface area (Å²) in [6.07, 6.45) is 0.832. The predicted octanol–water partition coefficient (Wildman–Crippen LogP) is -0.489. The summed E-state index contributed by atoms with van der Waals surface area (Å²) in [4.78, 5) is 25.4. The van der Waals surface area contributed by atoms with Gasteiger partial charge in [-0.05, 0) is 20.3 Å². The van der Waals surface area contributed by atoms with Crippen LogP contribution in [0.4, 0.5) is 0 Å². The van der Waals surface area contributed by atoms with Crippen LogP contribution in [0.15, 0.2) is 0 Å². The first kappa shape index (κ1) is 14.9. The van der Waals surface area contributed by atoms with Crippen molar-refractivity contribution >= 4 is 11.8 Å². The maximum atomic E-state index is 12.0. The molecule has 1 fully saturated rings. The number of aliphatic hydroxyl groups is 1. The second-order valence-corrected chi connectivity index (χ2v) is 4.94. The molecule has 0 spiro atoms. The van der Waals surface area contributed by atoms with Crippen LogP contribution < -0.4 is 5.32 Å². The average Bonchev–Trinajstić information content (AvgIpc) is 2.34. The number of morpholine rings is 1. The van der Waals surface area contributed by atoms with Gasteiger partial charge in [-0.3, -0.25) is 9.59 Å². The molecule has 1 rings (SSSR count). The Balaban J connectivity index is 2.74. The van der Waals surface area contributed by atoms with Crippen LogP contribution in [-0.2, 0) is 14.3 Å². The van der Waals surface area contributed by atoms with Crippen molar-refractivity contribution in [3.05, 3.63) is 0 Å². The predicted molar refractivity (Wildman–Crippen MR) is 65.9 cm³/mol. The van der Waals surface area contributed by atoms with Gasteiger partial charge in [-0.15, -0.1) is 0 Å². The molecule has 1 heterocycles. The molecule has 2 amide bonds. The first-order valence-corrected chi connectivity index (χ1v) is 6.26. The molecule has 1 aliphatic heterocycles. The molecule has 0 aliphatic carbocycles. The van der Waals surface area contributed by atoms with Gasteiger partial charge in [0.15, 0.2) is 0 Å². The van der Waals surface area contributed by atoms with E-state index in [9.17, 15) is 14.7 Å². The van der Waals surface area contributed by atoms with Gasteiger partial charge in [0.05, 0.1) is 13.2 Å². The Morgan fingerprint density at radius 1 is 1.50 bits per heavy atom. The maximum absolute atomic E-state index is 12.0. The Morgan fingerprint density at radius 3 is 2.72 bits per heavy atom. The lowest BCUT2D eigenvalue weighted by Crippen LogP contribution is -2.59. The topological polar surface area (TPSA) is 78.9 Å². The summed E-state index contributed by atoms with van der Waals surface area (Å²) in [6, 6.07) is -0.649. The number of carbonyl (C=O) groups excluding carboxylic acids is 2. The molecule has 1 saturated heterocycles. The van der Waals surface area contributed by atoms with Gasteiger partial charge >= 0.3 is 0 Å². The molecule has 0 saturated carbocycles. The largest absolute Gasteiger partial charge is 0.381 e. The van der Waals surface area contributed by atoms with E-state index in [2.05, 4.69) is 5.32 Å². The van der Waals surface area contributed by atoms with Gasteiger partial charge in [-0.25, -0.2) is 0 Å². The van der Waals surface area contributed by atoms with Crippen molar-refractivity contribution in [3.63, 3.8) is 0 Å². The minimum absolute atomic E-state index is 0.178. The van der Waals surface area contributed by atoms with Crippen LogP contribution in [0.1, 0.15) is 27.2 Å². The summed E-state index contributed by atoms with van der Waals surface area (Å²) >= 11 is 0. The number of hydrogen-bond acceptors (Lipinski definition) is 4. The Labute approximate surface area is 107 Å². The molecule has 2 N–H and O–H groups in total. The SMILES string of the molecule is CCCNC(=O)C1COCCN1C(=O)C(C)(C)O. The highest BCUT2D eigenvalue weighted by atomic mass is 16.5. The van der Waals surface area contributed by atoms with Crippen molar-refractivity contribution in [1.29, 1.82) is 0 Å². The standard InChI is InChI=1S/C12H22N2O4/c1-4-5-13-10(15)9-8-18-7-6-14(9)11(16)12(2,3)17/h9,17H,4-8H2,1-3H3,(H,13,15). The summed E-state index contributed by atoms with van der Waals surface area (Å²) in [5.41, 5.74) is -1.47. The zero-order chi connectivity index (χ0) is 13.8. The first-order chi connectivity index (χ1) is 8.38. The number of nitrogens with one attached hydrogen (secondary N) is 1. The van der Waals surface area contributed by atoms with E-state index in [0.29, 0.717) is 19.7 Å².